The lowest BCUT2D eigenvalue weighted by Gasteiger charge is -2.34. The molecule has 0 aliphatic carbocycles. The Kier molecular flexibility index (Phi) is 8.15. The highest BCUT2D eigenvalue weighted by molar-refractivity contribution is 7.89. The zero-order valence-electron chi connectivity index (χ0n) is 23.8. The first-order chi connectivity index (χ1) is 17.9. The molecule has 1 saturated heterocycles. The van der Waals surface area contributed by atoms with E-state index in [9.17, 15) is 8.42 Å². The van der Waals surface area contributed by atoms with Gasteiger partial charge in [-0.2, -0.15) is 0 Å². The van der Waals surface area contributed by atoms with Gasteiger partial charge in [0.2, 0.25) is 10.0 Å². The molecule has 10 heteroatoms. The molecule has 0 saturated carbocycles. The third-order valence-electron chi connectivity index (χ3n) is 7.88. The van der Waals surface area contributed by atoms with E-state index in [0.717, 1.165) is 59.7 Å². The molecule has 0 unspecified atom stereocenters. The van der Waals surface area contributed by atoms with Gasteiger partial charge in [0.05, 0.1) is 10.9 Å². The SMILES string of the molecule is CCn1c(Oc2cccc(N3CCN(C)CC3)c2)nnc1[C@@H](C)NS(=O)(=O)c1c(C)c(C)c(C)c(C)c1C. The second-order valence-electron chi connectivity index (χ2n) is 10.3. The molecule has 1 fully saturated rings. The van der Waals surface area contributed by atoms with Gasteiger partial charge >= 0.3 is 6.01 Å². The molecule has 1 aliphatic rings. The lowest BCUT2D eigenvalue weighted by atomic mass is 9.95. The van der Waals surface area contributed by atoms with Crippen molar-refractivity contribution >= 4 is 15.7 Å². The first kappa shape index (κ1) is 28.1. The summed E-state index contributed by atoms with van der Waals surface area (Å²) in [6.07, 6.45) is 0. The Bertz CT molecular complexity index is 1400. The summed E-state index contributed by atoms with van der Waals surface area (Å²) in [5, 5.41) is 8.59. The van der Waals surface area contributed by atoms with Crippen LogP contribution in [0.5, 0.6) is 11.8 Å². The van der Waals surface area contributed by atoms with E-state index in [4.69, 9.17) is 4.74 Å². The third kappa shape index (κ3) is 5.43. The van der Waals surface area contributed by atoms with Gasteiger partial charge in [-0.3, -0.25) is 4.57 Å². The third-order valence-corrected chi connectivity index (χ3v) is 9.69. The number of piperazine rings is 1. The van der Waals surface area contributed by atoms with Crippen LogP contribution in [0, 0.1) is 34.6 Å². The van der Waals surface area contributed by atoms with E-state index in [0.29, 0.717) is 29.0 Å². The van der Waals surface area contributed by atoms with Gasteiger partial charge in [0.1, 0.15) is 5.75 Å². The molecule has 1 N–H and O–H groups in total. The molecule has 3 aromatic rings. The fourth-order valence-electron chi connectivity index (χ4n) is 5.12. The molecule has 206 valence electrons. The van der Waals surface area contributed by atoms with Crippen LogP contribution in [0.1, 0.15) is 53.5 Å². The summed E-state index contributed by atoms with van der Waals surface area (Å²) in [6.45, 7) is 17.9. The normalized spacial score (nSPS) is 15.6. The first-order valence-electron chi connectivity index (χ1n) is 13.2. The molecule has 9 nitrogen and oxygen atoms in total. The lowest BCUT2D eigenvalue weighted by molar-refractivity contribution is 0.312. The van der Waals surface area contributed by atoms with Crippen molar-refractivity contribution in [2.45, 2.75) is 65.9 Å². The van der Waals surface area contributed by atoms with Gasteiger partial charge in [0.15, 0.2) is 5.82 Å². The molecular formula is C28H40N6O3S. The van der Waals surface area contributed by atoms with E-state index in [-0.39, 0.29) is 0 Å². The van der Waals surface area contributed by atoms with Crippen LogP contribution in [0.15, 0.2) is 29.2 Å². The van der Waals surface area contributed by atoms with Crippen LogP contribution in [0.25, 0.3) is 0 Å². The van der Waals surface area contributed by atoms with E-state index >= 15 is 0 Å². The van der Waals surface area contributed by atoms with E-state index in [1.54, 1.807) is 11.5 Å². The van der Waals surface area contributed by atoms with Crippen molar-refractivity contribution in [3.8, 4) is 11.8 Å². The Morgan fingerprint density at radius 3 is 2.16 bits per heavy atom. The zero-order chi connectivity index (χ0) is 27.8. The molecule has 4 rings (SSSR count). The van der Waals surface area contributed by atoms with Crippen molar-refractivity contribution in [2.24, 2.45) is 0 Å². The second kappa shape index (κ2) is 11.0. The minimum atomic E-state index is -3.81. The molecule has 1 aliphatic heterocycles. The monoisotopic (exact) mass is 540 g/mol. The molecule has 0 amide bonds. The maximum Gasteiger partial charge on any atom is 0.322 e. The van der Waals surface area contributed by atoms with Crippen LogP contribution in [-0.2, 0) is 16.6 Å². The van der Waals surface area contributed by atoms with Crippen LogP contribution in [0.3, 0.4) is 0 Å². The van der Waals surface area contributed by atoms with Gasteiger partial charge in [0, 0.05) is 44.5 Å². The first-order valence-corrected chi connectivity index (χ1v) is 14.7. The maximum atomic E-state index is 13.6. The number of nitrogens with zero attached hydrogens (tertiary/aromatic N) is 5. The number of ether oxygens (including phenoxy) is 1. The Morgan fingerprint density at radius 2 is 1.55 bits per heavy atom. The van der Waals surface area contributed by atoms with Gasteiger partial charge < -0.3 is 14.5 Å². The zero-order valence-corrected chi connectivity index (χ0v) is 24.6. The molecule has 0 radical (unpaired) electrons. The fourth-order valence-corrected chi connectivity index (χ4v) is 6.92. The van der Waals surface area contributed by atoms with E-state index in [1.807, 2.05) is 59.7 Å². The Labute approximate surface area is 226 Å². The summed E-state index contributed by atoms with van der Waals surface area (Å²) in [5.74, 6) is 1.16. The van der Waals surface area contributed by atoms with Crippen molar-refractivity contribution in [3.05, 3.63) is 57.9 Å². The summed E-state index contributed by atoms with van der Waals surface area (Å²) >= 11 is 0. The summed E-state index contributed by atoms with van der Waals surface area (Å²) in [7, 11) is -1.67. The van der Waals surface area contributed by atoms with E-state index in [1.165, 1.54) is 0 Å². The minimum absolute atomic E-state index is 0.332. The number of rotatable bonds is 8. The van der Waals surface area contributed by atoms with Crippen molar-refractivity contribution in [3.63, 3.8) is 0 Å². The largest absolute Gasteiger partial charge is 0.424 e. The maximum absolute atomic E-state index is 13.6. The molecule has 2 aromatic carbocycles. The van der Waals surface area contributed by atoms with Crippen molar-refractivity contribution < 1.29 is 13.2 Å². The predicted molar refractivity (Wildman–Crippen MR) is 151 cm³/mol. The molecule has 38 heavy (non-hydrogen) atoms. The highest BCUT2D eigenvalue weighted by Gasteiger charge is 2.28. The highest BCUT2D eigenvalue weighted by Crippen LogP contribution is 2.31. The fraction of sp³-hybridized carbons (Fsp3) is 0.500. The van der Waals surface area contributed by atoms with Crippen LogP contribution >= 0.6 is 0 Å². The number of hydrogen-bond acceptors (Lipinski definition) is 7. The number of sulfonamides is 1. The molecule has 2 heterocycles. The molecular weight excluding hydrogens is 500 g/mol. The Hall–Kier alpha value is -2.95. The number of anilines is 1. The molecule has 1 atom stereocenters. The summed E-state index contributed by atoms with van der Waals surface area (Å²) in [6, 6.07) is 7.70. The predicted octanol–water partition coefficient (Wildman–Crippen LogP) is 4.42. The van der Waals surface area contributed by atoms with Gasteiger partial charge in [-0.25, -0.2) is 13.1 Å². The van der Waals surface area contributed by atoms with E-state index < -0.39 is 16.1 Å². The number of nitrogens with one attached hydrogen (secondary N) is 1. The average Bonchev–Trinajstić information content (AvgIpc) is 3.29. The number of benzene rings is 2. The lowest BCUT2D eigenvalue weighted by Crippen LogP contribution is -2.44. The molecule has 0 spiro atoms. The van der Waals surface area contributed by atoms with E-state index in [2.05, 4.69) is 37.8 Å². The van der Waals surface area contributed by atoms with Gasteiger partial charge in [-0.15, -0.1) is 5.10 Å². The van der Waals surface area contributed by atoms with Crippen LogP contribution in [0.4, 0.5) is 5.69 Å². The van der Waals surface area contributed by atoms with Gasteiger partial charge in [-0.1, -0.05) is 11.2 Å². The number of likely N-dealkylation sites (N-methyl/N-ethyl adjacent to an activating group) is 1. The topological polar surface area (TPSA) is 92.6 Å². The van der Waals surface area contributed by atoms with Crippen LogP contribution in [-0.4, -0.2) is 61.3 Å². The number of hydrogen-bond donors (Lipinski definition) is 1. The van der Waals surface area contributed by atoms with Crippen molar-refractivity contribution in [1.82, 2.24) is 24.4 Å². The van der Waals surface area contributed by atoms with Crippen molar-refractivity contribution in [1.29, 1.82) is 0 Å². The smallest absolute Gasteiger partial charge is 0.322 e. The standard InChI is InChI=1S/C28H40N6O3S/c1-9-34-27(23(7)31-38(35,36)26-21(5)19(3)18(2)20(4)22(26)6)29-30-28(34)37-25-12-10-11-24(17-25)33-15-13-32(8)14-16-33/h10-12,17,23,31H,9,13-16H2,1-8H3/t23-/m1/s1. The van der Waals surface area contributed by atoms with Gasteiger partial charge in [0.25, 0.3) is 0 Å². The second-order valence-corrected chi connectivity index (χ2v) is 11.9. The molecule has 1 aromatic heterocycles. The summed E-state index contributed by atoms with van der Waals surface area (Å²) < 4.78 is 37.9. The Morgan fingerprint density at radius 1 is 0.947 bits per heavy atom. The number of aromatic nitrogens is 3. The van der Waals surface area contributed by atoms with Crippen LogP contribution < -0.4 is 14.4 Å². The molecule has 0 bridgehead atoms. The highest BCUT2D eigenvalue weighted by atomic mass is 32.2. The Balaban J connectivity index is 1.57. The van der Waals surface area contributed by atoms with Gasteiger partial charge in [-0.05, 0) is 95.5 Å². The van der Waals surface area contributed by atoms with Crippen molar-refractivity contribution in [2.75, 3.05) is 38.1 Å². The summed E-state index contributed by atoms with van der Waals surface area (Å²) in [4.78, 5) is 5.00. The summed E-state index contributed by atoms with van der Waals surface area (Å²) in [5.41, 5.74) is 5.75. The average molecular weight is 541 g/mol. The van der Waals surface area contributed by atoms with Crippen LogP contribution in [0.2, 0.25) is 0 Å². The quantitative estimate of drug-likeness (QED) is 0.452. The minimum Gasteiger partial charge on any atom is -0.424 e.